The van der Waals surface area contributed by atoms with Crippen LogP contribution in [0.4, 0.5) is 4.39 Å². The van der Waals surface area contributed by atoms with Gasteiger partial charge in [-0.2, -0.15) is 0 Å². The molecular weight excluding hydrogens is 273 g/mol. The third-order valence-electron chi connectivity index (χ3n) is 3.80. The van der Waals surface area contributed by atoms with Gasteiger partial charge in [0.1, 0.15) is 11.9 Å². The predicted molar refractivity (Wildman–Crippen MR) is 74.3 cm³/mol. The number of rotatable bonds is 3. The molecule has 3 rings (SSSR count). The van der Waals surface area contributed by atoms with Gasteiger partial charge in [0.25, 0.3) is 5.56 Å². The van der Waals surface area contributed by atoms with Gasteiger partial charge in [-0.25, -0.2) is 4.39 Å². The van der Waals surface area contributed by atoms with Gasteiger partial charge in [0, 0.05) is 12.1 Å². The fourth-order valence-electron chi connectivity index (χ4n) is 2.79. The number of halogens is 1. The summed E-state index contributed by atoms with van der Waals surface area (Å²) < 4.78 is 15.1. The summed E-state index contributed by atoms with van der Waals surface area (Å²) in [5.74, 6) is -0.840. The van der Waals surface area contributed by atoms with E-state index in [1.807, 2.05) is 0 Å². The van der Waals surface area contributed by atoms with Crippen molar-refractivity contribution in [1.82, 2.24) is 9.55 Å². The Hall–Kier alpha value is -2.50. The number of hydrogen-bond donors (Lipinski definition) is 1. The lowest BCUT2D eigenvalue weighted by Crippen LogP contribution is -2.32. The molecule has 6 heteroatoms. The van der Waals surface area contributed by atoms with E-state index in [0.717, 1.165) is 0 Å². The van der Waals surface area contributed by atoms with Gasteiger partial charge in [0.15, 0.2) is 0 Å². The van der Waals surface area contributed by atoms with Crippen molar-refractivity contribution in [3.63, 3.8) is 0 Å². The van der Waals surface area contributed by atoms with Crippen molar-refractivity contribution in [1.29, 1.82) is 0 Å². The minimum absolute atomic E-state index is 0.285. The molecule has 5 nitrogen and oxygen atoms in total. The van der Waals surface area contributed by atoms with E-state index in [0.29, 0.717) is 29.8 Å². The first kappa shape index (κ1) is 13.5. The second kappa shape index (κ2) is 5.12. The van der Waals surface area contributed by atoms with Crippen LogP contribution < -0.4 is 11.3 Å². The highest BCUT2D eigenvalue weighted by molar-refractivity contribution is 5.79. The second-order valence-electron chi connectivity index (χ2n) is 5.08. The van der Waals surface area contributed by atoms with Crippen LogP contribution in [0.2, 0.25) is 0 Å². The van der Waals surface area contributed by atoms with Crippen LogP contribution in [0.5, 0.6) is 0 Å². The van der Waals surface area contributed by atoms with Crippen LogP contribution in [0.3, 0.4) is 0 Å². The zero-order valence-electron chi connectivity index (χ0n) is 11.3. The summed E-state index contributed by atoms with van der Waals surface area (Å²) in [5.41, 5.74) is 6.78. The number of amides is 1. The lowest BCUT2D eigenvalue weighted by molar-refractivity contribution is -0.121. The maximum absolute atomic E-state index is 13.7. The van der Waals surface area contributed by atoms with E-state index >= 15 is 0 Å². The van der Waals surface area contributed by atoms with Crippen molar-refractivity contribution in [3.8, 4) is 0 Å². The maximum atomic E-state index is 13.7. The third-order valence-corrected chi connectivity index (χ3v) is 3.80. The van der Waals surface area contributed by atoms with Gasteiger partial charge in [-0.05, 0) is 24.5 Å². The number of carbonyl (C=O) groups excluding carboxylic acids is 1. The SMILES string of the molecule is NC(=O)C1CCc2c(Cc3ccccc3F)ncc(=O)n21. The van der Waals surface area contributed by atoms with Gasteiger partial charge in [-0.15, -0.1) is 0 Å². The number of carbonyl (C=O) groups is 1. The molecule has 0 radical (unpaired) electrons. The molecule has 0 aliphatic carbocycles. The maximum Gasteiger partial charge on any atom is 0.269 e. The van der Waals surface area contributed by atoms with Crippen LogP contribution in [-0.4, -0.2) is 15.5 Å². The highest BCUT2D eigenvalue weighted by Crippen LogP contribution is 2.26. The van der Waals surface area contributed by atoms with Crippen LogP contribution in [0.15, 0.2) is 35.3 Å². The summed E-state index contributed by atoms with van der Waals surface area (Å²) in [6.45, 7) is 0. The highest BCUT2D eigenvalue weighted by atomic mass is 19.1. The smallest absolute Gasteiger partial charge is 0.269 e. The zero-order chi connectivity index (χ0) is 15.0. The number of aromatic nitrogens is 2. The van der Waals surface area contributed by atoms with Gasteiger partial charge in [-0.1, -0.05) is 18.2 Å². The lowest BCUT2D eigenvalue weighted by Gasteiger charge is -2.12. The quantitative estimate of drug-likeness (QED) is 0.912. The van der Waals surface area contributed by atoms with Gasteiger partial charge >= 0.3 is 0 Å². The normalized spacial score (nSPS) is 16.7. The Morgan fingerprint density at radius 1 is 1.43 bits per heavy atom. The van der Waals surface area contributed by atoms with Gasteiger partial charge in [0.2, 0.25) is 5.91 Å². The lowest BCUT2D eigenvalue weighted by atomic mass is 10.1. The Kier molecular flexibility index (Phi) is 3.29. The molecule has 1 aromatic heterocycles. The van der Waals surface area contributed by atoms with Crippen LogP contribution in [0.25, 0.3) is 0 Å². The number of primary amides is 1. The average Bonchev–Trinajstić information content (AvgIpc) is 2.90. The van der Waals surface area contributed by atoms with Crippen molar-refractivity contribution >= 4 is 5.91 Å². The number of benzene rings is 1. The molecule has 0 spiro atoms. The molecule has 1 aliphatic rings. The minimum atomic E-state index is -0.630. The van der Waals surface area contributed by atoms with Crippen LogP contribution >= 0.6 is 0 Å². The molecule has 1 aliphatic heterocycles. The molecule has 108 valence electrons. The van der Waals surface area contributed by atoms with E-state index in [2.05, 4.69) is 4.98 Å². The summed E-state index contributed by atoms with van der Waals surface area (Å²) in [7, 11) is 0. The topological polar surface area (TPSA) is 78.0 Å². The fourth-order valence-corrected chi connectivity index (χ4v) is 2.79. The number of nitrogens with two attached hydrogens (primary N) is 1. The minimum Gasteiger partial charge on any atom is -0.368 e. The summed E-state index contributed by atoms with van der Waals surface area (Å²) in [6.07, 6.45) is 2.48. The van der Waals surface area contributed by atoms with Gasteiger partial charge in [-0.3, -0.25) is 19.1 Å². The highest BCUT2D eigenvalue weighted by Gasteiger charge is 2.29. The van der Waals surface area contributed by atoms with Crippen LogP contribution in [0, 0.1) is 5.82 Å². The summed E-state index contributed by atoms with van der Waals surface area (Å²) in [5, 5.41) is 0. The van der Waals surface area contributed by atoms with Gasteiger partial charge in [0.05, 0.1) is 11.9 Å². The Morgan fingerprint density at radius 2 is 2.19 bits per heavy atom. The molecule has 21 heavy (non-hydrogen) atoms. The van der Waals surface area contributed by atoms with E-state index in [9.17, 15) is 14.0 Å². The zero-order valence-corrected chi connectivity index (χ0v) is 11.3. The van der Waals surface area contributed by atoms with Gasteiger partial charge < -0.3 is 5.73 Å². The van der Waals surface area contributed by atoms with E-state index in [1.54, 1.807) is 18.2 Å². The van der Waals surface area contributed by atoms with Crippen LogP contribution in [-0.2, 0) is 17.6 Å². The molecule has 2 aromatic rings. The second-order valence-corrected chi connectivity index (χ2v) is 5.08. The van der Waals surface area contributed by atoms with E-state index < -0.39 is 11.9 Å². The third kappa shape index (κ3) is 2.33. The Bertz CT molecular complexity index is 770. The number of nitrogens with zero attached hydrogens (tertiary/aromatic N) is 2. The Morgan fingerprint density at radius 3 is 2.90 bits per heavy atom. The molecule has 1 aromatic carbocycles. The van der Waals surface area contributed by atoms with Crippen molar-refractivity contribution < 1.29 is 9.18 Å². The molecule has 0 bridgehead atoms. The number of hydrogen-bond acceptors (Lipinski definition) is 3. The number of fused-ring (bicyclic) bond motifs is 1. The monoisotopic (exact) mass is 287 g/mol. The molecule has 1 atom stereocenters. The molecule has 1 unspecified atom stereocenters. The molecule has 0 saturated carbocycles. The first-order chi connectivity index (χ1) is 10.1. The predicted octanol–water partition coefficient (Wildman–Crippen LogP) is 0.946. The van der Waals surface area contributed by atoms with Crippen molar-refractivity contribution in [2.45, 2.75) is 25.3 Å². The molecular formula is C15H14FN3O2. The van der Waals surface area contributed by atoms with E-state index in [4.69, 9.17) is 5.73 Å². The Balaban J connectivity index is 2.05. The first-order valence-electron chi connectivity index (χ1n) is 6.70. The average molecular weight is 287 g/mol. The van der Waals surface area contributed by atoms with Crippen LogP contribution in [0.1, 0.15) is 29.4 Å². The summed E-state index contributed by atoms with van der Waals surface area (Å²) in [4.78, 5) is 27.5. The van der Waals surface area contributed by atoms with Crippen molar-refractivity contribution in [3.05, 3.63) is 63.6 Å². The largest absolute Gasteiger partial charge is 0.368 e. The molecule has 0 fully saturated rings. The summed E-state index contributed by atoms with van der Waals surface area (Å²) in [6, 6.07) is 5.81. The van der Waals surface area contributed by atoms with Crippen molar-refractivity contribution in [2.75, 3.05) is 0 Å². The molecule has 2 heterocycles. The molecule has 2 N–H and O–H groups in total. The van der Waals surface area contributed by atoms with Crippen molar-refractivity contribution in [2.24, 2.45) is 5.73 Å². The van der Waals surface area contributed by atoms with E-state index in [-0.39, 0.29) is 17.8 Å². The fraction of sp³-hybridized carbons (Fsp3) is 0.267. The summed E-state index contributed by atoms with van der Waals surface area (Å²) >= 11 is 0. The van der Waals surface area contributed by atoms with E-state index in [1.165, 1.54) is 16.8 Å². The Labute approximate surface area is 120 Å². The molecule has 1 amide bonds. The first-order valence-corrected chi connectivity index (χ1v) is 6.70. The standard InChI is InChI=1S/C15H14FN3O2/c16-10-4-2-1-3-9(10)7-11-12-5-6-13(15(17)21)19(12)14(20)8-18-11/h1-4,8,13H,5-7H2,(H2,17,21). The molecule has 0 saturated heterocycles.